The van der Waals surface area contributed by atoms with E-state index >= 15 is 0 Å². The average Bonchev–Trinajstić information content (AvgIpc) is 2.89. The molecule has 1 aliphatic rings. The van der Waals surface area contributed by atoms with Gasteiger partial charge in [-0.1, -0.05) is 48.5 Å². The van der Waals surface area contributed by atoms with Gasteiger partial charge in [-0.25, -0.2) is 18.0 Å². The predicted molar refractivity (Wildman–Crippen MR) is 92.9 cm³/mol. The number of carbonyl (C=O) groups excluding carboxylic acids is 1. The van der Waals surface area contributed by atoms with Crippen molar-refractivity contribution in [1.29, 1.82) is 0 Å². The van der Waals surface area contributed by atoms with Crippen LogP contribution in [0.5, 0.6) is 0 Å². The van der Waals surface area contributed by atoms with Gasteiger partial charge in [0, 0.05) is 0 Å². The van der Waals surface area contributed by atoms with Gasteiger partial charge in [-0.2, -0.15) is 0 Å². The van der Waals surface area contributed by atoms with Gasteiger partial charge in [-0.3, -0.25) is 0 Å². The maximum Gasteiger partial charge on any atom is 0.408 e. The second-order valence-corrected chi connectivity index (χ2v) is 7.53. The van der Waals surface area contributed by atoms with Crippen LogP contribution in [0.15, 0.2) is 64.4 Å². The number of rotatable bonds is 5. The number of benzene rings is 2. The number of fused-ring (bicyclic) bond motifs is 1. The van der Waals surface area contributed by atoms with Gasteiger partial charge in [-0.05, 0) is 23.3 Å². The van der Waals surface area contributed by atoms with Crippen LogP contribution in [-0.4, -0.2) is 32.2 Å². The Hall–Kier alpha value is -3.13. The largest absolute Gasteiger partial charge is 0.479 e. The summed E-state index contributed by atoms with van der Waals surface area (Å²) >= 11 is 0. The number of sulfone groups is 1. The van der Waals surface area contributed by atoms with Gasteiger partial charge in [-0.15, -0.1) is 0 Å². The summed E-state index contributed by atoms with van der Waals surface area (Å²) < 4.78 is 29.7. The molecule has 0 radical (unpaired) electrons. The van der Waals surface area contributed by atoms with Gasteiger partial charge < -0.3 is 15.2 Å². The number of nitrogens with one attached hydrogen (secondary N) is 1. The normalized spacial score (nSPS) is 15.5. The van der Waals surface area contributed by atoms with Crippen molar-refractivity contribution in [2.24, 2.45) is 0 Å². The third-order valence-electron chi connectivity index (χ3n) is 3.86. The van der Waals surface area contributed by atoms with E-state index in [2.05, 4.69) is 5.32 Å². The molecule has 1 atom stereocenters. The lowest BCUT2D eigenvalue weighted by Gasteiger charge is -2.15. The smallest absolute Gasteiger partial charge is 0.408 e. The zero-order valence-corrected chi connectivity index (χ0v) is 14.3. The van der Waals surface area contributed by atoms with Crippen molar-refractivity contribution in [3.05, 3.63) is 70.6 Å². The highest BCUT2D eigenvalue weighted by molar-refractivity contribution is 7.95. The van der Waals surface area contributed by atoms with Crippen LogP contribution in [0.4, 0.5) is 4.79 Å². The van der Waals surface area contributed by atoms with E-state index in [-0.39, 0.29) is 9.80 Å². The monoisotopic (exact) mass is 373 g/mol. The van der Waals surface area contributed by atoms with Crippen LogP contribution in [-0.2, 0) is 19.4 Å². The quantitative estimate of drug-likeness (QED) is 0.833. The average molecular weight is 373 g/mol. The molecule has 0 spiro atoms. The van der Waals surface area contributed by atoms with Gasteiger partial charge in [0.1, 0.15) is 6.61 Å². The molecule has 26 heavy (non-hydrogen) atoms. The summed E-state index contributed by atoms with van der Waals surface area (Å²) in [5, 5.41) is 11.5. The van der Waals surface area contributed by atoms with Crippen molar-refractivity contribution in [2.75, 3.05) is 6.61 Å². The lowest BCUT2D eigenvalue weighted by molar-refractivity contribution is -0.139. The molecule has 2 aromatic carbocycles. The highest BCUT2D eigenvalue weighted by atomic mass is 32.2. The molecule has 0 aliphatic carbocycles. The molecular formula is C18H15NO6S. The number of aliphatic carboxylic acids is 1. The topological polar surface area (TPSA) is 110 Å². The van der Waals surface area contributed by atoms with E-state index in [0.29, 0.717) is 11.1 Å². The fraction of sp³-hybridized carbons (Fsp3) is 0.111. The minimum atomic E-state index is -3.70. The van der Waals surface area contributed by atoms with Crippen LogP contribution in [0.2, 0.25) is 0 Å². The van der Waals surface area contributed by atoms with Crippen LogP contribution in [0.1, 0.15) is 17.2 Å². The Balaban J connectivity index is 1.67. The Labute approximate surface area is 149 Å². The van der Waals surface area contributed by atoms with Gasteiger partial charge in [0.2, 0.25) is 9.84 Å². The zero-order valence-electron chi connectivity index (χ0n) is 13.5. The Morgan fingerprint density at radius 3 is 2.35 bits per heavy atom. The first kappa shape index (κ1) is 17.7. The number of amides is 1. The summed E-state index contributed by atoms with van der Waals surface area (Å²) in [7, 11) is -3.70. The van der Waals surface area contributed by atoms with Gasteiger partial charge >= 0.3 is 12.1 Å². The lowest BCUT2D eigenvalue weighted by Crippen LogP contribution is -2.34. The molecule has 0 bridgehead atoms. The molecule has 0 saturated carbocycles. The third-order valence-corrected chi connectivity index (χ3v) is 5.73. The zero-order chi connectivity index (χ0) is 18.7. The summed E-state index contributed by atoms with van der Waals surface area (Å²) in [6.45, 7) is -0.482. The first-order valence-corrected chi connectivity index (χ1v) is 9.13. The maximum absolute atomic E-state index is 12.4. The van der Waals surface area contributed by atoms with Crippen molar-refractivity contribution in [1.82, 2.24) is 5.32 Å². The summed E-state index contributed by atoms with van der Waals surface area (Å²) in [4.78, 5) is 23.4. The highest BCUT2D eigenvalue weighted by Crippen LogP contribution is 2.32. The van der Waals surface area contributed by atoms with E-state index in [9.17, 15) is 23.1 Å². The van der Waals surface area contributed by atoms with Crippen molar-refractivity contribution < 1.29 is 27.9 Å². The molecular weight excluding hydrogens is 358 g/mol. The SMILES string of the molecule is O=C(N[C@H](C(=O)O)c1ccccc1)OCC1=Cc2ccccc2S1(=O)=O. The highest BCUT2D eigenvalue weighted by Gasteiger charge is 2.30. The molecule has 7 nitrogen and oxygen atoms in total. The number of carboxylic acid groups (broad SMARTS) is 1. The lowest BCUT2D eigenvalue weighted by atomic mass is 10.1. The molecule has 0 saturated heterocycles. The predicted octanol–water partition coefficient (Wildman–Crippen LogP) is 2.37. The molecule has 0 fully saturated rings. The molecule has 1 amide bonds. The van der Waals surface area contributed by atoms with Gasteiger partial charge in [0.15, 0.2) is 6.04 Å². The van der Waals surface area contributed by atoms with E-state index < -0.39 is 34.5 Å². The molecule has 0 unspecified atom stereocenters. The van der Waals surface area contributed by atoms with Crippen molar-refractivity contribution in [2.45, 2.75) is 10.9 Å². The third kappa shape index (κ3) is 3.45. The number of carboxylic acids is 1. The Kier molecular flexibility index (Phi) is 4.77. The van der Waals surface area contributed by atoms with E-state index in [4.69, 9.17) is 4.74 Å². The minimum absolute atomic E-state index is 0.0552. The van der Waals surface area contributed by atoms with Crippen LogP contribution >= 0.6 is 0 Å². The summed E-state index contributed by atoms with van der Waals surface area (Å²) in [6.07, 6.45) is 0.414. The summed E-state index contributed by atoms with van der Waals surface area (Å²) in [6, 6.07) is 13.3. The number of carbonyl (C=O) groups is 2. The van der Waals surface area contributed by atoms with Crippen molar-refractivity contribution >= 4 is 28.0 Å². The van der Waals surface area contributed by atoms with E-state index in [0.717, 1.165) is 0 Å². The van der Waals surface area contributed by atoms with Gasteiger partial charge in [0.25, 0.3) is 0 Å². The number of alkyl carbamates (subject to hydrolysis) is 1. The van der Waals surface area contributed by atoms with E-state index in [1.54, 1.807) is 48.5 Å². The summed E-state index contributed by atoms with van der Waals surface area (Å²) in [5.41, 5.74) is 0.899. The molecule has 1 aliphatic heterocycles. The fourth-order valence-corrected chi connectivity index (χ4v) is 4.06. The Morgan fingerprint density at radius 1 is 1.04 bits per heavy atom. The van der Waals surface area contributed by atoms with Gasteiger partial charge in [0.05, 0.1) is 9.80 Å². The maximum atomic E-state index is 12.4. The standard InChI is InChI=1S/C18H15NO6S/c20-17(21)16(12-6-2-1-3-7-12)19-18(22)25-11-14-10-13-8-4-5-9-15(13)26(14,23)24/h1-10,16H,11H2,(H,19,22)(H,20,21)/t16-/m0/s1. The molecule has 0 aromatic heterocycles. The fourth-order valence-electron chi connectivity index (χ4n) is 2.59. The van der Waals surface area contributed by atoms with Crippen LogP contribution in [0.25, 0.3) is 6.08 Å². The van der Waals surface area contributed by atoms with Crippen molar-refractivity contribution in [3.63, 3.8) is 0 Å². The second kappa shape index (κ2) is 7.01. The molecule has 2 N–H and O–H groups in total. The van der Waals surface area contributed by atoms with Crippen LogP contribution < -0.4 is 5.32 Å². The number of hydrogen-bond donors (Lipinski definition) is 2. The number of ether oxygens (including phenoxy) is 1. The molecule has 8 heteroatoms. The molecule has 3 rings (SSSR count). The number of hydrogen-bond acceptors (Lipinski definition) is 5. The first-order valence-electron chi connectivity index (χ1n) is 7.65. The Bertz CT molecular complexity index is 982. The second-order valence-electron chi connectivity index (χ2n) is 5.55. The Morgan fingerprint density at radius 2 is 1.69 bits per heavy atom. The molecule has 134 valence electrons. The first-order chi connectivity index (χ1) is 12.4. The summed E-state index contributed by atoms with van der Waals surface area (Å²) in [5.74, 6) is -1.26. The molecule has 1 heterocycles. The van der Waals surface area contributed by atoms with E-state index in [1.165, 1.54) is 12.1 Å². The molecule has 2 aromatic rings. The van der Waals surface area contributed by atoms with Crippen LogP contribution in [0, 0.1) is 0 Å². The minimum Gasteiger partial charge on any atom is -0.479 e. The van der Waals surface area contributed by atoms with Crippen molar-refractivity contribution in [3.8, 4) is 0 Å². The van der Waals surface area contributed by atoms with E-state index in [1.807, 2.05) is 0 Å². The van der Waals surface area contributed by atoms with Crippen LogP contribution in [0.3, 0.4) is 0 Å².